The molecule has 0 spiro atoms. The van der Waals surface area contributed by atoms with Crippen molar-refractivity contribution < 1.29 is 4.79 Å². The first kappa shape index (κ1) is 19.4. The predicted molar refractivity (Wildman–Crippen MR) is 102 cm³/mol. The van der Waals surface area contributed by atoms with Crippen LogP contribution in [0.5, 0.6) is 0 Å². The third-order valence-corrected chi connectivity index (χ3v) is 4.47. The van der Waals surface area contributed by atoms with Gasteiger partial charge in [-0.25, -0.2) is 4.98 Å². The van der Waals surface area contributed by atoms with Gasteiger partial charge in [0.15, 0.2) is 0 Å². The Kier molecular flexibility index (Phi) is 6.99. The van der Waals surface area contributed by atoms with Gasteiger partial charge in [0.05, 0.1) is 11.7 Å². The first-order valence-corrected chi connectivity index (χ1v) is 9.39. The lowest BCUT2D eigenvalue weighted by Crippen LogP contribution is -2.51. The Morgan fingerprint density at radius 1 is 1.20 bits per heavy atom. The van der Waals surface area contributed by atoms with E-state index >= 15 is 0 Å². The molecule has 2 N–H and O–H groups in total. The largest absolute Gasteiger partial charge is 0.365 e. The van der Waals surface area contributed by atoms with Crippen LogP contribution in [0.3, 0.4) is 0 Å². The number of amides is 1. The number of aromatic nitrogens is 2. The molecule has 2 fully saturated rings. The molecule has 1 aromatic heterocycles. The second-order valence-electron chi connectivity index (χ2n) is 6.63. The smallest absolute Gasteiger partial charge is 0.227 e. The maximum Gasteiger partial charge on any atom is 0.227 e. The summed E-state index contributed by atoms with van der Waals surface area (Å²) in [4.78, 5) is 25.0. The molecule has 0 aliphatic carbocycles. The van der Waals surface area contributed by atoms with E-state index in [4.69, 9.17) is 9.97 Å². The highest BCUT2D eigenvalue weighted by molar-refractivity contribution is 5.73. The molecule has 2 aliphatic heterocycles. The first-order chi connectivity index (χ1) is 12.0. The Morgan fingerprint density at radius 2 is 1.84 bits per heavy atom. The van der Waals surface area contributed by atoms with E-state index in [0.29, 0.717) is 12.0 Å². The van der Waals surface area contributed by atoms with Crippen LogP contribution in [0, 0.1) is 0 Å². The number of carbonyl (C=O) groups is 1. The van der Waals surface area contributed by atoms with Crippen molar-refractivity contribution in [2.45, 2.75) is 46.6 Å². The van der Waals surface area contributed by atoms with Crippen LogP contribution in [0.2, 0.25) is 0 Å². The van der Waals surface area contributed by atoms with Crippen LogP contribution in [0.1, 0.15) is 46.2 Å². The van der Waals surface area contributed by atoms with E-state index in [2.05, 4.69) is 35.4 Å². The Balaban J connectivity index is 0.00000109. The lowest BCUT2D eigenvalue weighted by atomic mass is 10.1. The molecule has 7 heteroatoms. The summed E-state index contributed by atoms with van der Waals surface area (Å²) in [7, 11) is 0. The average molecular weight is 348 g/mol. The third kappa shape index (κ3) is 5.04. The molecule has 140 valence electrons. The van der Waals surface area contributed by atoms with Gasteiger partial charge in [-0.15, -0.1) is 0 Å². The fourth-order valence-electron chi connectivity index (χ4n) is 2.79. The molecule has 3 heterocycles. The minimum atomic E-state index is 0.140. The molecule has 2 aliphatic rings. The van der Waals surface area contributed by atoms with Crippen LogP contribution in [-0.4, -0.2) is 66.1 Å². The minimum absolute atomic E-state index is 0.140. The first-order valence-electron chi connectivity index (χ1n) is 9.39. The van der Waals surface area contributed by atoms with E-state index < -0.39 is 0 Å². The highest BCUT2D eigenvalue weighted by Gasteiger charge is 2.23. The molecule has 1 aromatic rings. The monoisotopic (exact) mass is 348 g/mol. The van der Waals surface area contributed by atoms with Crippen molar-refractivity contribution in [1.82, 2.24) is 20.2 Å². The second-order valence-corrected chi connectivity index (χ2v) is 6.63. The van der Waals surface area contributed by atoms with Crippen LogP contribution < -0.4 is 15.5 Å². The standard InChI is InChI=1S/C16H26N6O.C2H6/c1-11(2)14-8-15(18-13-9-17-10-13)20-16(19-14)22-6-4-21(5-7-22)12(3)23;1-2/h8,11,13,17H,4-7,9-10H2,1-3H3,(H,18,19,20);1-2H3. The number of hydrogen-bond donors (Lipinski definition) is 2. The Morgan fingerprint density at radius 3 is 2.32 bits per heavy atom. The third-order valence-electron chi connectivity index (χ3n) is 4.47. The van der Waals surface area contributed by atoms with Gasteiger partial charge in [0.2, 0.25) is 11.9 Å². The van der Waals surface area contributed by atoms with E-state index in [-0.39, 0.29) is 5.91 Å². The zero-order valence-corrected chi connectivity index (χ0v) is 16.2. The summed E-state index contributed by atoms with van der Waals surface area (Å²) in [6, 6.07) is 2.51. The number of nitrogens with zero attached hydrogens (tertiary/aromatic N) is 4. The summed E-state index contributed by atoms with van der Waals surface area (Å²) in [6.45, 7) is 14.9. The molecule has 1 amide bonds. The lowest BCUT2D eigenvalue weighted by molar-refractivity contribution is -0.129. The van der Waals surface area contributed by atoms with Crippen molar-refractivity contribution in [2.24, 2.45) is 0 Å². The van der Waals surface area contributed by atoms with Gasteiger partial charge in [0, 0.05) is 52.3 Å². The van der Waals surface area contributed by atoms with E-state index in [1.165, 1.54) is 0 Å². The average Bonchev–Trinajstić information content (AvgIpc) is 2.59. The highest BCUT2D eigenvalue weighted by atomic mass is 16.2. The van der Waals surface area contributed by atoms with Crippen molar-refractivity contribution >= 4 is 17.7 Å². The fraction of sp³-hybridized carbons (Fsp3) is 0.722. The fourth-order valence-corrected chi connectivity index (χ4v) is 2.79. The molecule has 0 bridgehead atoms. The van der Waals surface area contributed by atoms with Crippen molar-refractivity contribution in [1.29, 1.82) is 0 Å². The number of nitrogens with one attached hydrogen (secondary N) is 2. The van der Waals surface area contributed by atoms with Gasteiger partial charge in [-0.1, -0.05) is 27.7 Å². The van der Waals surface area contributed by atoms with E-state index in [9.17, 15) is 4.79 Å². The van der Waals surface area contributed by atoms with Crippen molar-refractivity contribution in [3.05, 3.63) is 11.8 Å². The SMILES string of the molecule is CC.CC(=O)N1CCN(c2nc(NC3CNC3)cc(C(C)C)n2)CC1. The summed E-state index contributed by atoms with van der Waals surface area (Å²) in [6.07, 6.45) is 0. The van der Waals surface area contributed by atoms with Gasteiger partial charge in [-0.3, -0.25) is 4.79 Å². The summed E-state index contributed by atoms with van der Waals surface area (Å²) >= 11 is 0. The zero-order chi connectivity index (χ0) is 18.4. The molecular weight excluding hydrogens is 316 g/mol. The Hall–Kier alpha value is -1.89. The Bertz CT molecular complexity index is 565. The molecule has 0 radical (unpaired) electrons. The predicted octanol–water partition coefficient (Wildman–Crippen LogP) is 1.68. The molecule has 7 nitrogen and oxygen atoms in total. The topological polar surface area (TPSA) is 73.4 Å². The molecule has 0 saturated carbocycles. The molecular formula is C18H32N6O. The van der Waals surface area contributed by atoms with Gasteiger partial charge in [-0.2, -0.15) is 4.98 Å². The number of piperazine rings is 1. The zero-order valence-electron chi connectivity index (χ0n) is 16.2. The van der Waals surface area contributed by atoms with Gasteiger partial charge < -0.3 is 20.4 Å². The Labute approximate surface area is 151 Å². The highest BCUT2D eigenvalue weighted by Crippen LogP contribution is 2.21. The van der Waals surface area contributed by atoms with E-state index in [1.54, 1.807) is 6.92 Å². The van der Waals surface area contributed by atoms with Gasteiger partial charge in [0.25, 0.3) is 0 Å². The van der Waals surface area contributed by atoms with E-state index in [0.717, 1.165) is 56.7 Å². The van der Waals surface area contributed by atoms with Crippen LogP contribution in [-0.2, 0) is 4.79 Å². The summed E-state index contributed by atoms with van der Waals surface area (Å²) in [5.74, 6) is 2.17. The quantitative estimate of drug-likeness (QED) is 0.862. The summed E-state index contributed by atoms with van der Waals surface area (Å²) in [5, 5.41) is 6.73. The molecule has 0 atom stereocenters. The van der Waals surface area contributed by atoms with Crippen molar-refractivity contribution in [3.8, 4) is 0 Å². The van der Waals surface area contributed by atoms with Gasteiger partial charge >= 0.3 is 0 Å². The number of anilines is 2. The minimum Gasteiger partial charge on any atom is -0.365 e. The van der Waals surface area contributed by atoms with Crippen molar-refractivity contribution in [3.63, 3.8) is 0 Å². The molecule has 2 saturated heterocycles. The summed E-state index contributed by atoms with van der Waals surface area (Å²) in [5.41, 5.74) is 1.05. The van der Waals surface area contributed by atoms with Crippen molar-refractivity contribution in [2.75, 3.05) is 49.5 Å². The van der Waals surface area contributed by atoms with Crippen LogP contribution in [0.15, 0.2) is 6.07 Å². The second kappa shape index (κ2) is 8.99. The summed E-state index contributed by atoms with van der Waals surface area (Å²) < 4.78 is 0. The maximum atomic E-state index is 11.5. The van der Waals surface area contributed by atoms with Gasteiger partial charge in [-0.05, 0) is 5.92 Å². The lowest BCUT2D eigenvalue weighted by Gasteiger charge is -2.35. The maximum absolute atomic E-state index is 11.5. The van der Waals surface area contributed by atoms with E-state index in [1.807, 2.05) is 18.7 Å². The number of hydrogen-bond acceptors (Lipinski definition) is 6. The molecule has 3 rings (SSSR count). The molecule has 0 aromatic carbocycles. The molecule has 25 heavy (non-hydrogen) atoms. The number of rotatable bonds is 4. The van der Waals surface area contributed by atoms with Crippen LogP contribution >= 0.6 is 0 Å². The van der Waals surface area contributed by atoms with Crippen LogP contribution in [0.4, 0.5) is 11.8 Å². The van der Waals surface area contributed by atoms with Crippen LogP contribution in [0.25, 0.3) is 0 Å². The molecule has 0 unspecified atom stereocenters. The van der Waals surface area contributed by atoms with Gasteiger partial charge in [0.1, 0.15) is 5.82 Å². The normalized spacial score (nSPS) is 17.7. The number of carbonyl (C=O) groups excluding carboxylic acids is 1.